The summed E-state index contributed by atoms with van der Waals surface area (Å²) >= 11 is 0. The van der Waals surface area contributed by atoms with Gasteiger partial charge in [0.1, 0.15) is 35.4 Å². The van der Waals surface area contributed by atoms with Crippen molar-refractivity contribution in [1.82, 2.24) is 24.2 Å². The first-order valence-corrected chi connectivity index (χ1v) is 22.3. The minimum atomic E-state index is -1.83. The van der Waals surface area contributed by atoms with E-state index in [0.29, 0.717) is 11.5 Å². The number of nitrogens with zero attached hydrogens (tertiary/aromatic N) is 5. The van der Waals surface area contributed by atoms with E-state index in [0.717, 1.165) is 16.7 Å². The molecule has 1 saturated heterocycles. The SMILES string of the molecule is CCO[C@H]1[C@@H](OP(OCCC#N)N(C(C)C)C(C)C)[C@H](n2cnc3c(=O)[nH]c(NC(=O)C(C)C)nc32)O[C@@H]1COC(c1ccccc1)(c1ccc(OC)cc1)c1ccc(OC)cc1. The maximum absolute atomic E-state index is 13.4. The van der Waals surface area contributed by atoms with Gasteiger partial charge in [-0.15, -0.1) is 0 Å². The number of carbonyl (C=O) groups excluding carboxylic acids is 1. The fourth-order valence-electron chi connectivity index (χ4n) is 7.68. The second kappa shape index (κ2) is 21.4. The van der Waals surface area contributed by atoms with Crippen LogP contribution < -0.4 is 20.3 Å². The fourth-order valence-corrected chi connectivity index (χ4v) is 9.42. The lowest BCUT2D eigenvalue weighted by molar-refractivity contribution is -0.118. The van der Waals surface area contributed by atoms with Crippen molar-refractivity contribution in [2.24, 2.45) is 5.92 Å². The normalized spacial score (nSPS) is 18.3. The molecule has 1 amide bonds. The van der Waals surface area contributed by atoms with Gasteiger partial charge in [-0.05, 0) is 75.6 Å². The number of imidazole rings is 1. The number of hydrogen-bond donors (Lipinski definition) is 2. The lowest BCUT2D eigenvalue weighted by Crippen LogP contribution is -2.42. The quantitative estimate of drug-likeness (QED) is 0.0416. The van der Waals surface area contributed by atoms with Gasteiger partial charge in [-0.1, -0.05) is 68.4 Å². The molecule has 5 atom stereocenters. The van der Waals surface area contributed by atoms with Crippen LogP contribution >= 0.6 is 8.53 Å². The van der Waals surface area contributed by atoms with Crippen LogP contribution in [0.5, 0.6) is 11.5 Å². The van der Waals surface area contributed by atoms with Gasteiger partial charge in [0.2, 0.25) is 11.9 Å². The minimum absolute atomic E-state index is 0.00875. The smallest absolute Gasteiger partial charge is 0.280 e. The lowest BCUT2D eigenvalue weighted by atomic mass is 9.80. The van der Waals surface area contributed by atoms with Gasteiger partial charge < -0.3 is 32.7 Å². The summed E-state index contributed by atoms with van der Waals surface area (Å²) in [5.74, 6) is 0.638. The summed E-state index contributed by atoms with van der Waals surface area (Å²) in [5.41, 5.74) is 0.968. The van der Waals surface area contributed by atoms with Crippen molar-refractivity contribution in [3.8, 4) is 17.6 Å². The Balaban J connectivity index is 1.50. The number of methoxy groups -OCH3 is 2. The summed E-state index contributed by atoms with van der Waals surface area (Å²) < 4.78 is 49.4. The molecule has 0 saturated carbocycles. The predicted octanol–water partition coefficient (Wildman–Crippen LogP) is 7.70. The highest BCUT2D eigenvalue weighted by atomic mass is 31.2. The average molecular weight is 884 g/mol. The molecule has 17 heteroatoms. The van der Waals surface area contributed by atoms with Crippen molar-refractivity contribution in [3.05, 3.63) is 112 Å². The van der Waals surface area contributed by atoms with Crippen molar-refractivity contribution < 1.29 is 37.5 Å². The van der Waals surface area contributed by atoms with Gasteiger partial charge in [-0.25, -0.2) is 9.65 Å². The number of hydrogen-bond acceptors (Lipinski definition) is 13. The second-order valence-electron chi connectivity index (χ2n) is 15.8. The molecule has 1 fully saturated rings. The van der Waals surface area contributed by atoms with E-state index < -0.39 is 44.2 Å². The molecule has 6 rings (SSSR count). The summed E-state index contributed by atoms with van der Waals surface area (Å²) in [6.45, 7) is 14.0. The van der Waals surface area contributed by atoms with Crippen LogP contribution in [0.4, 0.5) is 5.95 Å². The van der Waals surface area contributed by atoms with Gasteiger partial charge in [0.05, 0.1) is 46.3 Å². The third kappa shape index (κ3) is 10.4. The molecule has 0 radical (unpaired) electrons. The maximum atomic E-state index is 13.4. The minimum Gasteiger partial charge on any atom is -0.497 e. The molecule has 336 valence electrons. The first kappa shape index (κ1) is 47.2. The molecule has 3 aromatic carbocycles. The molecule has 16 nitrogen and oxygen atoms in total. The van der Waals surface area contributed by atoms with Crippen LogP contribution in [0, 0.1) is 17.2 Å². The number of rotatable bonds is 21. The zero-order chi connectivity index (χ0) is 45.3. The van der Waals surface area contributed by atoms with Gasteiger partial charge in [-0.2, -0.15) is 10.2 Å². The number of aromatic amines is 1. The van der Waals surface area contributed by atoms with E-state index in [9.17, 15) is 14.9 Å². The number of anilines is 1. The third-order valence-corrected chi connectivity index (χ3v) is 12.8. The maximum Gasteiger partial charge on any atom is 0.280 e. The molecule has 0 spiro atoms. The summed E-state index contributed by atoms with van der Waals surface area (Å²) in [5, 5.41) is 12.2. The van der Waals surface area contributed by atoms with Crippen LogP contribution in [-0.4, -0.2) is 94.5 Å². The number of H-pyrrole nitrogens is 1. The van der Waals surface area contributed by atoms with Crippen molar-refractivity contribution in [2.75, 3.05) is 39.4 Å². The van der Waals surface area contributed by atoms with Crippen LogP contribution in [-0.2, 0) is 33.7 Å². The van der Waals surface area contributed by atoms with E-state index >= 15 is 0 Å². The molecule has 1 aliphatic rings. The number of benzene rings is 3. The van der Waals surface area contributed by atoms with E-state index in [1.54, 1.807) is 32.6 Å². The van der Waals surface area contributed by atoms with E-state index in [1.165, 1.54) is 6.33 Å². The Morgan fingerprint density at radius 2 is 1.54 bits per heavy atom. The van der Waals surface area contributed by atoms with Gasteiger partial charge >= 0.3 is 0 Å². The first-order valence-electron chi connectivity index (χ1n) is 21.1. The summed E-state index contributed by atoms with van der Waals surface area (Å²) in [7, 11) is 1.42. The van der Waals surface area contributed by atoms with E-state index in [1.807, 2.05) is 85.8 Å². The molecule has 63 heavy (non-hydrogen) atoms. The third-order valence-electron chi connectivity index (χ3n) is 10.6. The average Bonchev–Trinajstić information content (AvgIpc) is 3.85. The molecule has 0 bridgehead atoms. The number of nitriles is 1. The van der Waals surface area contributed by atoms with Crippen molar-refractivity contribution in [2.45, 2.75) is 97.1 Å². The molecule has 0 aliphatic carbocycles. The number of aromatic nitrogens is 4. The second-order valence-corrected chi connectivity index (χ2v) is 17.2. The summed E-state index contributed by atoms with van der Waals surface area (Å²) in [6, 6.07) is 27.6. The Morgan fingerprint density at radius 1 is 0.937 bits per heavy atom. The fraction of sp³-hybridized carbons (Fsp3) is 0.457. The van der Waals surface area contributed by atoms with Gasteiger partial charge in [0, 0.05) is 24.6 Å². The Hall–Kier alpha value is -5.24. The highest BCUT2D eigenvalue weighted by molar-refractivity contribution is 7.44. The number of fused-ring (bicyclic) bond motifs is 1. The van der Waals surface area contributed by atoms with Crippen LogP contribution in [0.3, 0.4) is 0 Å². The highest BCUT2D eigenvalue weighted by Gasteiger charge is 2.51. The van der Waals surface area contributed by atoms with Crippen LogP contribution in [0.25, 0.3) is 11.2 Å². The predicted molar refractivity (Wildman–Crippen MR) is 239 cm³/mol. The van der Waals surface area contributed by atoms with Crippen molar-refractivity contribution >= 4 is 31.5 Å². The standard InChI is InChI=1S/C46H58N7O9P/c1-10-58-39-37(27-59-46(32-15-12-11-13-16-32,33-17-21-35(56-8)22-18-33)34-19-23-36(57-9)24-20-34)61-44(40(39)62-63(60-26-14-25-47)53(30(4)5)31(6)7)52-28-48-38-41(52)49-45(51-43(38)55)50-42(54)29(2)3/h11-13,15-24,28-31,37,39-40,44H,10,14,26-27H2,1-9H3,(H2,49,50,51,54,55)/t37-,39-,40-,44-,63?/m1/s1. The topological polar surface area (TPSA) is 184 Å². The van der Waals surface area contributed by atoms with E-state index in [4.69, 9.17) is 32.7 Å². The number of carbonyl (C=O) groups is 1. The van der Waals surface area contributed by atoms with E-state index in [-0.39, 0.29) is 67.3 Å². The summed E-state index contributed by atoms with van der Waals surface area (Å²) in [6.07, 6.45) is -1.83. The zero-order valence-corrected chi connectivity index (χ0v) is 38.2. The van der Waals surface area contributed by atoms with Crippen LogP contribution in [0.15, 0.2) is 90.0 Å². The first-order chi connectivity index (χ1) is 30.4. The molecule has 2 N–H and O–H groups in total. The molecule has 5 aromatic rings. The van der Waals surface area contributed by atoms with Crippen molar-refractivity contribution in [1.29, 1.82) is 5.26 Å². The Bertz CT molecular complexity index is 2300. The number of amides is 1. The molecular formula is C46H58N7O9P. The Labute approximate surface area is 369 Å². The van der Waals surface area contributed by atoms with Gasteiger partial charge in [0.15, 0.2) is 17.4 Å². The molecule has 3 heterocycles. The molecule has 1 aliphatic heterocycles. The molecule has 1 unspecified atom stereocenters. The molecule has 2 aromatic heterocycles. The lowest BCUT2D eigenvalue weighted by Gasteiger charge is -2.38. The van der Waals surface area contributed by atoms with Gasteiger partial charge in [0.25, 0.3) is 14.1 Å². The number of ether oxygens (including phenoxy) is 5. The summed E-state index contributed by atoms with van der Waals surface area (Å²) in [4.78, 5) is 38.0. The van der Waals surface area contributed by atoms with Crippen molar-refractivity contribution in [3.63, 3.8) is 0 Å². The Morgan fingerprint density at radius 3 is 2.08 bits per heavy atom. The van der Waals surface area contributed by atoms with E-state index in [2.05, 4.69) is 58.7 Å². The van der Waals surface area contributed by atoms with Crippen LogP contribution in [0.2, 0.25) is 0 Å². The number of nitrogens with one attached hydrogen (secondary N) is 2. The van der Waals surface area contributed by atoms with Gasteiger partial charge in [-0.3, -0.25) is 24.5 Å². The largest absolute Gasteiger partial charge is 0.497 e. The monoisotopic (exact) mass is 883 g/mol. The Kier molecular flexibility index (Phi) is 16.1. The zero-order valence-electron chi connectivity index (χ0n) is 37.3. The van der Waals surface area contributed by atoms with Crippen LogP contribution in [0.1, 0.15) is 77.8 Å². The highest BCUT2D eigenvalue weighted by Crippen LogP contribution is 2.52. The molecular weight excluding hydrogens is 826 g/mol.